The summed E-state index contributed by atoms with van der Waals surface area (Å²) in [7, 11) is 0. The highest BCUT2D eigenvalue weighted by Gasteiger charge is 2.27. The lowest BCUT2D eigenvalue weighted by atomic mass is 9.85. The van der Waals surface area contributed by atoms with Crippen LogP contribution in [-0.4, -0.2) is 31.8 Å². The van der Waals surface area contributed by atoms with Crippen LogP contribution in [0.2, 0.25) is 5.02 Å². The van der Waals surface area contributed by atoms with E-state index in [4.69, 9.17) is 16.3 Å². The van der Waals surface area contributed by atoms with Crippen molar-refractivity contribution in [1.82, 2.24) is 10.6 Å². The zero-order valence-electron chi connectivity index (χ0n) is 14.1. The number of rotatable bonds is 5. The summed E-state index contributed by atoms with van der Waals surface area (Å²) in [6.45, 7) is 2.15. The second kappa shape index (κ2) is 8.72. The Hall–Kier alpha value is -1.26. The molecule has 2 N–H and O–H groups in total. The molecule has 0 aromatic heterocycles. The van der Waals surface area contributed by atoms with Gasteiger partial charge in [-0.1, -0.05) is 36.6 Å². The SMILES string of the molecule is O=C(NCC(c1ccc(Cl)cc1)C1CCCC1)NC1CCOCC1. The Morgan fingerprint density at radius 2 is 1.79 bits per heavy atom. The Bertz CT molecular complexity index is 523. The molecule has 2 aliphatic rings. The summed E-state index contributed by atoms with van der Waals surface area (Å²) in [5.41, 5.74) is 1.28. The predicted molar refractivity (Wildman–Crippen MR) is 96.5 cm³/mol. The molecule has 5 heteroatoms. The van der Waals surface area contributed by atoms with Gasteiger partial charge < -0.3 is 15.4 Å². The minimum Gasteiger partial charge on any atom is -0.381 e. The first-order chi connectivity index (χ1) is 11.7. The highest BCUT2D eigenvalue weighted by atomic mass is 35.5. The van der Waals surface area contributed by atoms with Crippen LogP contribution in [0.15, 0.2) is 24.3 Å². The quantitative estimate of drug-likeness (QED) is 0.840. The maximum Gasteiger partial charge on any atom is 0.315 e. The van der Waals surface area contributed by atoms with Gasteiger partial charge in [0, 0.05) is 36.7 Å². The molecule has 4 nitrogen and oxygen atoms in total. The number of benzene rings is 1. The van der Waals surface area contributed by atoms with Gasteiger partial charge in [0.15, 0.2) is 0 Å². The van der Waals surface area contributed by atoms with Gasteiger partial charge in [0.1, 0.15) is 0 Å². The van der Waals surface area contributed by atoms with Crippen molar-refractivity contribution < 1.29 is 9.53 Å². The molecule has 1 heterocycles. The monoisotopic (exact) mass is 350 g/mol. The molecule has 132 valence electrons. The highest BCUT2D eigenvalue weighted by molar-refractivity contribution is 6.30. The molecule has 1 saturated heterocycles. The molecule has 1 unspecified atom stereocenters. The Morgan fingerprint density at radius 3 is 2.46 bits per heavy atom. The van der Waals surface area contributed by atoms with Gasteiger partial charge in [-0.15, -0.1) is 0 Å². The van der Waals surface area contributed by atoms with E-state index in [0.717, 1.165) is 31.1 Å². The maximum atomic E-state index is 12.2. The van der Waals surface area contributed by atoms with Gasteiger partial charge >= 0.3 is 6.03 Å². The minimum atomic E-state index is -0.0566. The third-order valence-corrected chi connectivity index (χ3v) is 5.56. The van der Waals surface area contributed by atoms with Crippen LogP contribution in [-0.2, 0) is 4.74 Å². The topological polar surface area (TPSA) is 50.4 Å². The molecule has 1 aromatic rings. The number of halogens is 1. The zero-order chi connectivity index (χ0) is 16.8. The first-order valence-electron chi connectivity index (χ1n) is 9.10. The van der Waals surface area contributed by atoms with Crippen molar-refractivity contribution in [2.24, 2.45) is 5.92 Å². The summed E-state index contributed by atoms with van der Waals surface area (Å²) in [4.78, 5) is 12.2. The number of nitrogens with one attached hydrogen (secondary N) is 2. The average molecular weight is 351 g/mol. The molecular formula is C19H27ClN2O2. The second-order valence-corrected chi connectivity index (χ2v) is 7.38. The molecule has 0 radical (unpaired) electrons. The van der Waals surface area contributed by atoms with Crippen LogP contribution in [0, 0.1) is 5.92 Å². The van der Waals surface area contributed by atoms with Gasteiger partial charge in [-0.05, 0) is 49.3 Å². The van der Waals surface area contributed by atoms with E-state index in [-0.39, 0.29) is 12.1 Å². The van der Waals surface area contributed by atoms with Gasteiger partial charge in [-0.2, -0.15) is 0 Å². The Kier molecular flexibility index (Phi) is 6.38. The Labute approximate surface area is 149 Å². The van der Waals surface area contributed by atoms with Crippen molar-refractivity contribution in [2.75, 3.05) is 19.8 Å². The molecule has 2 amide bonds. The van der Waals surface area contributed by atoms with Crippen LogP contribution in [0.1, 0.15) is 50.0 Å². The van der Waals surface area contributed by atoms with E-state index in [9.17, 15) is 4.79 Å². The molecule has 1 aliphatic carbocycles. The largest absolute Gasteiger partial charge is 0.381 e. The molecule has 0 bridgehead atoms. The van der Waals surface area contributed by atoms with Crippen molar-refractivity contribution in [3.05, 3.63) is 34.9 Å². The van der Waals surface area contributed by atoms with E-state index in [1.807, 2.05) is 12.1 Å². The van der Waals surface area contributed by atoms with Gasteiger partial charge in [-0.25, -0.2) is 4.79 Å². The summed E-state index contributed by atoms with van der Waals surface area (Å²) in [6, 6.07) is 8.27. The van der Waals surface area contributed by atoms with Crippen molar-refractivity contribution in [3.63, 3.8) is 0 Å². The molecular weight excluding hydrogens is 324 g/mol. The molecule has 2 fully saturated rings. The highest BCUT2D eigenvalue weighted by Crippen LogP contribution is 2.37. The van der Waals surface area contributed by atoms with Crippen LogP contribution in [0.3, 0.4) is 0 Å². The third kappa shape index (κ3) is 4.87. The number of urea groups is 1. The van der Waals surface area contributed by atoms with E-state index in [0.29, 0.717) is 18.4 Å². The number of hydrogen-bond acceptors (Lipinski definition) is 2. The lowest BCUT2D eigenvalue weighted by Crippen LogP contribution is -2.45. The fourth-order valence-corrected chi connectivity index (χ4v) is 4.03. The van der Waals surface area contributed by atoms with Gasteiger partial charge in [-0.3, -0.25) is 0 Å². The fraction of sp³-hybridized carbons (Fsp3) is 0.632. The lowest BCUT2D eigenvalue weighted by molar-refractivity contribution is 0.0800. The fourth-order valence-electron chi connectivity index (χ4n) is 3.91. The number of amides is 2. The predicted octanol–water partition coefficient (Wildman–Crippen LogP) is 4.09. The van der Waals surface area contributed by atoms with Crippen molar-refractivity contribution in [1.29, 1.82) is 0 Å². The van der Waals surface area contributed by atoms with E-state index in [1.165, 1.54) is 31.2 Å². The first-order valence-corrected chi connectivity index (χ1v) is 9.48. The second-order valence-electron chi connectivity index (χ2n) is 6.94. The van der Waals surface area contributed by atoms with E-state index in [2.05, 4.69) is 22.8 Å². The minimum absolute atomic E-state index is 0.0566. The van der Waals surface area contributed by atoms with E-state index < -0.39 is 0 Å². The zero-order valence-corrected chi connectivity index (χ0v) is 14.9. The first kappa shape index (κ1) is 17.6. The third-order valence-electron chi connectivity index (χ3n) is 5.31. The molecule has 24 heavy (non-hydrogen) atoms. The van der Waals surface area contributed by atoms with Gasteiger partial charge in [0.2, 0.25) is 0 Å². The Morgan fingerprint density at radius 1 is 1.12 bits per heavy atom. The summed E-state index contributed by atoms with van der Waals surface area (Å²) < 4.78 is 5.33. The summed E-state index contributed by atoms with van der Waals surface area (Å²) >= 11 is 6.02. The number of carbonyl (C=O) groups excluding carboxylic acids is 1. The molecule has 1 aliphatic heterocycles. The summed E-state index contributed by atoms with van der Waals surface area (Å²) in [5, 5.41) is 6.93. The summed E-state index contributed by atoms with van der Waals surface area (Å²) in [6.07, 6.45) is 6.88. The lowest BCUT2D eigenvalue weighted by Gasteiger charge is -2.26. The van der Waals surface area contributed by atoms with Gasteiger partial charge in [0.25, 0.3) is 0 Å². The van der Waals surface area contributed by atoms with E-state index in [1.54, 1.807) is 0 Å². The smallest absolute Gasteiger partial charge is 0.315 e. The molecule has 0 spiro atoms. The standard InChI is InChI=1S/C19H27ClN2O2/c20-16-7-5-15(6-8-16)18(14-3-1-2-4-14)13-21-19(23)22-17-9-11-24-12-10-17/h5-8,14,17-18H,1-4,9-13H2,(H2,21,22,23). The Balaban J connectivity index is 1.57. The maximum absolute atomic E-state index is 12.2. The van der Waals surface area contributed by atoms with Crippen molar-refractivity contribution in [2.45, 2.75) is 50.5 Å². The van der Waals surface area contributed by atoms with Crippen LogP contribution in [0.4, 0.5) is 4.79 Å². The summed E-state index contributed by atoms with van der Waals surface area (Å²) in [5.74, 6) is 1.01. The number of hydrogen-bond donors (Lipinski definition) is 2. The molecule has 1 saturated carbocycles. The normalized spacial score (nSPS) is 20.7. The molecule has 1 aromatic carbocycles. The molecule has 3 rings (SSSR count). The van der Waals surface area contributed by atoms with Gasteiger partial charge in [0.05, 0.1) is 0 Å². The average Bonchev–Trinajstić information content (AvgIpc) is 3.12. The molecule has 1 atom stereocenters. The van der Waals surface area contributed by atoms with Crippen molar-refractivity contribution in [3.8, 4) is 0 Å². The number of ether oxygens (including phenoxy) is 1. The van der Waals surface area contributed by atoms with Crippen molar-refractivity contribution >= 4 is 17.6 Å². The van der Waals surface area contributed by atoms with E-state index >= 15 is 0 Å². The number of carbonyl (C=O) groups is 1. The van der Waals surface area contributed by atoms with Crippen LogP contribution >= 0.6 is 11.6 Å². The van der Waals surface area contributed by atoms with Crippen LogP contribution in [0.5, 0.6) is 0 Å². The van der Waals surface area contributed by atoms with Crippen LogP contribution in [0.25, 0.3) is 0 Å². The van der Waals surface area contributed by atoms with Crippen LogP contribution < -0.4 is 10.6 Å².